The van der Waals surface area contributed by atoms with Crippen LogP contribution in [0.15, 0.2) is 76.2 Å². The van der Waals surface area contributed by atoms with Gasteiger partial charge in [0, 0.05) is 17.8 Å². The SMILES string of the molecule is Cc1cn2cc(-c3cc4ccc(CCCCCc5ccccc5)cc4oc3=O)nc2c(C)n1. The van der Waals surface area contributed by atoms with Crippen molar-refractivity contribution in [2.75, 3.05) is 0 Å². The highest BCUT2D eigenvalue weighted by Crippen LogP contribution is 2.23. The Bertz CT molecular complexity index is 1480. The number of imidazole rings is 1. The summed E-state index contributed by atoms with van der Waals surface area (Å²) in [5, 5.41) is 0.903. The lowest BCUT2D eigenvalue weighted by molar-refractivity contribution is 0.562. The monoisotopic (exact) mass is 437 g/mol. The van der Waals surface area contributed by atoms with Gasteiger partial charge in [-0.1, -0.05) is 48.9 Å². The van der Waals surface area contributed by atoms with E-state index < -0.39 is 0 Å². The highest BCUT2D eigenvalue weighted by molar-refractivity contribution is 5.81. The van der Waals surface area contributed by atoms with Crippen LogP contribution in [0.1, 0.15) is 41.8 Å². The van der Waals surface area contributed by atoms with Crippen LogP contribution >= 0.6 is 0 Å². The van der Waals surface area contributed by atoms with Gasteiger partial charge in [-0.3, -0.25) is 4.98 Å². The Labute approximate surface area is 192 Å². The largest absolute Gasteiger partial charge is 0.422 e. The molecule has 5 aromatic rings. The molecule has 0 bridgehead atoms. The molecule has 0 aliphatic carbocycles. The van der Waals surface area contributed by atoms with E-state index in [1.54, 1.807) is 0 Å². The van der Waals surface area contributed by atoms with Gasteiger partial charge in [0.1, 0.15) is 5.58 Å². The summed E-state index contributed by atoms with van der Waals surface area (Å²) in [7, 11) is 0. The second-order valence-corrected chi connectivity index (χ2v) is 8.69. The summed E-state index contributed by atoms with van der Waals surface area (Å²) in [6.45, 7) is 3.86. The van der Waals surface area contributed by atoms with E-state index in [2.05, 4.69) is 46.4 Å². The fourth-order valence-corrected chi connectivity index (χ4v) is 4.40. The second-order valence-electron chi connectivity index (χ2n) is 8.69. The Morgan fingerprint density at radius 3 is 2.45 bits per heavy atom. The summed E-state index contributed by atoms with van der Waals surface area (Å²) >= 11 is 0. The maximum Gasteiger partial charge on any atom is 0.345 e. The fourth-order valence-electron chi connectivity index (χ4n) is 4.40. The number of benzene rings is 2. The summed E-state index contributed by atoms with van der Waals surface area (Å²) in [5.41, 5.74) is 6.41. The molecule has 0 atom stereocenters. The summed E-state index contributed by atoms with van der Waals surface area (Å²) in [5.74, 6) is 0. The molecule has 5 nitrogen and oxygen atoms in total. The molecule has 0 aliphatic rings. The zero-order chi connectivity index (χ0) is 22.8. The van der Waals surface area contributed by atoms with Crippen LogP contribution in [0.3, 0.4) is 0 Å². The molecule has 0 fully saturated rings. The van der Waals surface area contributed by atoms with Crippen molar-refractivity contribution >= 4 is 16.6 Å². The molecule has 5 rings (SSSR count). The van der Waals surface area contributed by atoms with Crippen LogP contribution in [0, 0.1) is 13.8 Å². The van der Waals surface area contributed by atoms with Crippen LogP contribution in [0.4, 0.5) is 0 Å². The van der Waals surface area contributed by atoms with Crippen LogP contribution in [-0.4, -0.2) is 14.4 Å². The lowest BCUT2D eigenvalue weighted by Crippen LogP contribution is -2.03. The van der Waals surface area contributed by atoms with Gasteiger partial charge in [-0.25, -0.2) is 9.78 Å². The van der Waals surface area contributed by atoms with Crippen molar-refractivity contribution in [3.05, 3.63) is 99.9 Å². The molecule has 0 radical (unpaired) electrons. The first kappa shape index (κ1) is 21.1. The fraction of sp³-hybridized carbons (Fsp3) is 0.250. The summed E-state index contributed by atoms with van der Waals surface area (Å²) in [6, 6.07) is 18.7. The van der Waals surface area contributed by atoms with Crippen LogP contribution in [-0.2, 0) is 12.8 Å². The molecule has 3 aromatic heterocycles. The number of rotatable bonds is 7. The van der Waals surface area contributed by atoms with Gasteiger partial charge < -0.3 is 8.82 Å². The van der Waals surface area contributed by atoms with Gasteiger partial charge in [-0.2, -0.15) is 0 Å². The number of hydrogen-bond acceptors (Lipinski definition) is 4. The number of nitrogens with zero attached hydrogens (tertiary/aromatic N) is 3. The molecule has 0 spiro atoms. The average molecular weight is 438 g/mol. The van der Waals surface area contributed by atoms with Crippen molar-refractivity contribution in [3.8, 4) is 11.3 Å². The quantitative estimate of drug-likeness (QED) is 0.229. The first-order chi connectivity index (χ1) is 16.1. The van der Waals surface area contributed by atoms with Crippen LogP contribution in [0.25, 0.3) is 27.9 Å². The first-order valence-electron chi connectivity index (χ1n) is 11.5. The topological polar surface area (TPSA) is 60.4 Å². The standard InChI is InChI=1S/C28H27N3O2/c1-19-17-31-18-25(30-27(31)20(2)29-19)24-16-23-14-13-22(15-26(23)33-28(24)32)12-8-4-7-11-21-9-5-3-6-10-21/h3,5-6,9-10,13-18H,4,7-8,11-12H2,1-2H3. The molecule has 0 saturated heterocycles. The number of aromatic nitrogens is 3. The third kappa shape index (κ3) is 4.58. The second kappa shape index (κ2) is 9.02. The van der Waals surface area contributed by atoms with E-state index in [1.807, 2.05) is 48.8 Å². The Morgan fingerprint density at radius 2 is 1.64 bits per heavy atom. The molecule has 166 valence electrons. The number of fused-ring (bicyclic) bond motifs is 2. The van der Waals surface area contributed by atoms with Crippen molar-refractivity contribution in [1.82, 2.24) is 14.4 Å². The molecule has 2 aromatic carbocycles. The van der Waals surface area contributed by atoms with Gasteiger partial charge in [-0.15, -0.1) is 0 Å². The van der Waals surface area contributed by atoms with Crippen LogP contribution < -0.4 is 5.63 Å². The Hall–Kier alpha value is -3.73. The maximum absolute atomic E-state index is 12.8. The molecule has 0 amide bonds. The number of unbranched alkanes of at least 4 members (excludes halogenated alkanes) is 2. The Balaban J connectivity index is 1.30. The van der Waals surface area contributed by atoms with E-state index in [9.17, 15) is 4.79 Å². The predicted molar refractivity (Wildman–Crippen MR) is 132 cm³/mol. The lowest BCUT2D eigenvalue weighted by atomic mass is 10.0. The van der Waals surface area contributed by atoms with Gasteiger partial charge in [-0.05, 0) is 62.8 Å². The number of hydrogen-bond donors (Lipinski definition) is 0. The van der Waals surface area contributed by atoms with Crippen molar-refractivity contribution < 1.29 is 4.42 Å². The van der Waals surface area contributed by atoms with Gasteiger partial charge in [0.2, 0.25) is 0 Å². The molecular formula is C28H27N3O2. The van der Waals surface area contributed by atoms with Crippen molar-refractivity contribution in [2.24, 2.45) is 0 Å². The van der Waals surface area contributed by atoms with E-state index in [0.717, 1.165) is 41.7 Å². The van der Waals surface area contributed by atoms with Gasteiger partial charge >= 0.3 is 5.63 Å². The van der Waals surface area contributed by atoms with Crippen molar-refractivity contribution in [2.45, 2.75) is 46.0 Å². The molecule has 5 heteroatoms. The molecule has 3 heterocycles. The molecular weight excluding hydrogens is 410 g/mol. The third-order valence-electron chi connectivity index (χ3n) is 6.08. The molecule has 0 N–H and O–H groups in total. The molecule has 33 heavy (non-hydrogen) atoms. The minimum absolute atomic E-state index is 0.367. The van der Waals surface area contributed by atoms with Gasteiger partial charge in [0.15, 0.2) is 5.65 Å². The maximum atomic E-state index is 12.8. The Morgan fingerprint density at radius 1 is 0.848 bits per heavy atom. The smallest absolute Gasteiger partial charge is 0.345 e. The minimum atomic E-state index is -0.367. The highest BCUT2D eigenvalue weighted by atomic mass is 16.4. The predicted octanol–water partition coefficient (Wildman–Crippen LogP) is 6.08. The third-order valence-corrected chi connectivity index (χ3v) is 6.08. The van der Waals surface area contributed by atoms with E-state index in [4.69, 9.17) is 4.42 Å². The van der Waals surface area contributed by atoms with E-state index in [0.29, 0.717) is 16.8 Å². The minimum Gasteiger partial charge on any atom is -0.422 e. The Kier molecular flexibility index (Phi) is 5.78. The summed E-state index contributed by atoms with van der Waals surface area (Å²) in [4.78, 5) is 21.9. The van der Waals surface area contributed by atoms with Crippen LogP contribution in [0.2, 0.25) is 0 Å². The lowest BCUT2D eigenvalue weighted by Gasteiger charge is -2.05. The van der Waals surface area contributed by atoms with Gasteiger partial charge in [0.25, 0.3) is 0 Å². The van der Waals surface area contributed by atoms with Crippen molar-refractivity contribution in [1.29, 1.82) is 0 Å². The first-order valence-corrected chi connectivity index (χ1v) is 11.5. The van der Waals surface area contributed by atoms with Crippen molar-refractivity contribution in [3.63, 3.8) is 0 Å². The van der Waals surface area contributed by atoms with Crippen LogP contribution in [0.5, 0.6) is 0 Å². The van der Waals surface area contributed by atoms with Gasteiger partial charge in [0.05, 0.1) is 22.6 Å². The van der Waals surface area contributed by atoms with E-state index in [1.165, 1.54) is 24.0 Å². The summed E-state index contributed by atoms with van der Waals surface area (Å²) < 4.78 is 7.62. The normalized spacial score (nSPS) is 11.5. The molecule has 0 aliphatic heterocycles. The van der Waals surface area contributed by atoms with E-state index in [-0.39, 0.29) is 5.63 Å². The number of aryl methyl sites for hydroxylation is 4. The summed E-state index contributed by atoms with van der Waals surface area (Å²) in [6.07, 6.45) is 9.35. The zero-order valence-corrected chi connectivity index (χ0v) is 19.0. The zero-order valence-electron chi connectivity index (χ0n) is 19.0. The molecule has 0 unspecified atom stereocenters. The molecule has 0 saturated carbocycles. The highest BCUT2D eigenvalue weighted by Gasteiger charge is 2.13. The van der Waals surface area contributed by atoms with E-state index >= 15 is 0 Å². The average Bonchev–Trinajstić information content (AvgIpc) is 3.23.